The van der Waals surface area contributed by atoms with E-state index in [1.807, 2.05) is 13.0 Å². The summed E-state index contributed by atoms with van der Waals surface area (Å²) in [5.74, 6) is 6.58. The normalized spacial score (nSPS) is 14.6. The Hall–Kier alpha value is -3.05. The maximum Gasteiger partial charge on any atom is 0.409 e. The van der Waals surface area contributed by atoms with Crippen LogP contribution in [-0.2, 0) is 14.3 Å². The summed E-state index contributed by atoms with van der Waals surface area (Å²) < 4.78 is 16.6. The van der Waals surface area contributed by atoms with Gasteiger partial charge in [-0.25, -0.2) is 15.6 Å². The molecule has 0 aliphatic carbocycles. The molecule has 1 aromatic rings. The van der Waals surface area contributed by atoms with E-state index in [0.717, 1.165) is 24.3 Å². The Bertz CT molecular complexity index is 732. The maximum absolute atomic E-state index is 11.7. The number of nitrogens with two attached hydrogens (primary N) is 2. The number of likely N-dealkylation sites (N-methyl/N-ethyl adjacent to an activating group) is 1. The maximum atomic E-state index is 11.7. The zero-order chi connectivity index (χ0) is 22.7. The zero-order valence-corrected chi connectivity index (χ0v) is 17.8. The molecule has 168 valence electrons. The molecule has 0 unspecified atom stereocenters. The van der Waals surface area contributed by atoms with Crippen LogP contribution in [0.3, 0.4) is 0 Å². The first-order valence-electron chi connectivity index (χ1n) is 9.32. The SMILES string of the molecule is Cc1nc(/C(N)=C(\COC(=O)N(C)C)N(C)N)ccc1OC1CCOCC1.O=CO. The largest absolute Gasteiger partial charge is 0.488 e. The van der Waals surface area contributed by atoms with Crippen molar-refractivity contribution < 1.29 is 28.9 Å². The molecule has 2 heterocycles. The predicted molar refractivity (Wildman–Crippen MR) is 110 cm³/mol. The Morgan fingerprint density at radius 2 is 1.93 bits per heavy atom. The fourth-order valence-corrected chi connectivity index (χ4v) is 2.57. The molecule has 1 aromatic heterocycles. The Morgan fingerprint density at radius 1 is 1.33 bits per heavy atom. The quantitative estimate of drug-likeness (QED) is 0.338. The number of carbonyl (C=O) groups is 2. The molecule has 0 bridgehead atoms. The molecule has 0 aromatic carbocycles. The van der Waals surface area contributed by atoms with Crippen LogP contribution < -0.4 is 16.3 Å². The van der Waals surface area contributed by atoms with E-state index in [4.69, 9.17) is 35.7 Å². The van der Waals surface area contributed by atoms with Gasteiger partial charge in [-0.15, -0.1) is 0 Å². The first kappa shape index (κ1) is 25.0. The van der Waals surface area contributed by atoms with Gasteiger partial charge < -0.3 is 35.0 Å². The second-order valence-corrected chi connectivity index (χ2v) is 6.74. The molecule has 5 N–H and O–H groups in total. The average Bonchev–Trinajstić information content (AvgIpc) is 2.70. The molecule has 1 aliphatic heterocycles. The highest BCUT2D eigenvalue weighted by Gasteiger charge is 2.18. The third-order valence-corrected chi connectivity index (χ3v) is 4.21. The summed E-state index contributed by atoms with van der Waals surface area (Å²) in [4.78, 5) is 25.9. The number of hydrazine groups is 1. The summed E-state index contributed by atoms with van der Waals surface area (Å²) in [5.41, 5.74) is 8.30. The number of pyridine rings is 1. The Balaban J connectivity index is 0.00000141. The molecular weight excluding hydrogens is 394 g/mol. The van der Waals surface area contributed by atoms with E-state index < -0.39 is 6.09 Å². The molecule has 30 heavy (non-hydrogen) atoms. The third kappa shape index (κ3) is 7.76. The van der Waals surface area contributed by atoms with Crippen LogP contribution in [0.4, 0.5) is 4.79 Å². The van der Waals surface area contributed by atoms with Crippen molar-refractivity contribution in [1.82, 2.24) is 14.9 Å². The first-order valence-corrected chi connectivity index (χ1v) is 9.32. The van der Waals surface area contributed by atoms with E-state index in [1.165, 1.54) is 9.91 Å². The topological polar surface area (TPSA) is 153 Å². The summed E-state index contributed by atoms with van der Waals surface area (Å²) in [7, 11) is 4.83. The smallest absolute Gasteiger partial charge is 0.409 e. The van der Waals surface area contributed by atoms with Gasteiger partial charge in [-0.2, -0.15) is 0 Å². The summed E-state index contributed by atoms with van der Waals surface area (Å²) >= 11 is 0. The summed E-state index contributed by atoms with van der Waals surface area (Å²) in [6, 6.07) is 3.62. The number of hydrogen-bond donors (Lipinski definition) is 3. The fourth-order valence-electron chi connectivity index (χ4n) is 2.57. The van der Waals surface area contributed by atoms with Gasteiger partial charge in [0.1, 0.15) is 18.5 Å². The van der Waals surface area contributed by atoms with E-state index >= 15 is 0 Å². The van der Waals surface area contributed by atoms with Crippen LogP contribution in [0.1, 0.15) is 24.2 Å². The highest BCUT2D eigenvalue weighted by molar-refractivity contribution is 5.68. The van der Waals surface area contributed by atoms with E-state index in [9.17, 15) is 4.79 Å². The molecule has 11 nitrogen and oxygen atoms in total. The molecule has 11 heteroatoms. The van der Waals surface area contributed by atoms with Gasteiger partial charge in [0.15, 0.2) is 0 Å². The molecule has 1 amide bonds. The number of amides is 1. The zero-order valence-electron chi connectivity index (χ0n) is 17.8. The van der Waals surface area contributed by atoms with Crippen LogP contribution in [0.2, 0.25) is 0 Å². The fraction of sp³-hybridized carbons (Fsp3) is 0.526. The molecule has 1 saturated heterocycles. The first-order chi connectivity index (χ1) is 14.2. The lowest BCUT2D eigenvalue weighted by Gasteiger charge is -2.24. The minimum absolute atomic E-state index is 0.0586. The molecular formula is C19H31N5O6. The summed E-state index contributed by atoms with van der Waals surface area (Å²) in [6.45, 7) is 2.98. The van der Waals surface area contributed by atoms with Crippen LogP contribution in [0.15, 0.2) is 17.8 Å². The number of ether oxygens (including phenoxy) is 3. The standard InChI is InChI=1S/C18H29N5O4.CH2O2/c1-12-16(27-13-7-9-25-10-8-13)6-5-14(21-12)17(19)15(23(4)20)11-26-18(24)22(2)3;2-1-3/h5-6,13H,7-11,19-20H2,1-4H3;1H,(H,2,3)/b17-15-;. The minimum atomic E-state index is -0.480. The highest BCUT2D eigenvalue weighted by atomic mass is 16.6. The summed E-state index contributed by atoms with van der Waals surface area (Å²) in [5, 5.41) is 8.21. The van der Waals surface area contributed by atoms with Crippen molar-refractivity contribution in [3.63, 3.8) is 0 Å². The lowest BCUT2D eigenvalue weighted by Crippen LogP contribution is -2.33. The Labute approximate surface area is 176 Å². The second kappa shape index (κ2) is 12.5. The van der Waals surface area contributed by atoms with E-state index in [-0.39, 0.29) is 19.2 Å². The van der Waals surface area contributed by atoms with Crippen molar-refractivity contribution in [3.05, 3.63) is 29.2 Å². The summed E-state index contributed by atoms with van der Waals surface area (Å²) in [6.07, 6.45) is 1.38. The van der Waals surface area contributed by atoms with Gasteiger partial charge in [0.2, 0.25) is 0 Å². The van der Waals surface area contributed by atoms with Gasteiger partial charge >= 0.3 is 6.09 Å². The highest BCUT2D eigenvalue weighted by Crippen LogP contribution is 2.23. The average molecular weight is 425 g/mol. The molecule has 2 rings (SSSR count). The van der Waals surface area contributed by atoms with Gasteiger partial charge in [-0.3, -0.25) is 4.79 Å². The van der Waals surface area contributed by atoms with Crippen LogP contribution in [0.25, 0.3) is 5.70 Å². The van der Waals surface area contributed by atoms with Crippen LogP contribution in [0, 0.1) is 6.92 Å². The van der Waals surface area contributed by atoms with Crippen molar-refractivity contribution in [1.29, 1.82) is 0 Å². The lowest BCUT2D eigenvalue weighted by molar-refractivity contribution is -0.122. The van der Waals surface area contributed by atoms with Gasteiger partial charge in [0.25, 0.3) is 6.47 Å². The van der Waals surface area contributed by atoms with Crippen LogP contribution in [-0.4, -0.2) is 79.6 Å². The second-order valence-electron chi connectivity index (χ2n) is 6.74. The molecule has 1 aliphatic rings. The number of hydrogen-bond acceptors (Lipinski definition) is 9. The van der Waals surface area contributed by atoms with E-state index in [1.54, 1.807) is 27.2 Å². The van der Waals surface area contributed by atoms with E-state index in [0.29, 0.717) is 30.3 Å². The van der Waals surface area contributed by atoms with Gasteiger partial charge in [0.05, 0.1) is 36.0 Å². The van der Waals surface area contributed by atoms with Gasteiger partial charge in [-0.1, -0.05) is 0 Å². The van der Waals surface area contributed by atoms with Crippen molar-refractivity contribution in [2.45, 2.75) is 25.9 Å². The van der Waals surface area contributed by atoms with Crippen LogP contribution in [0.5, 0.6) is 5.75 Å². The molecule has 0 radical (unpaired) electrons. The number of carboxylic acid groups (broad SMARTS) is 1. The number of nitrogens with zero attached hydrogens (tertiary/aromatic N) is 3. The molecule has 1 fully saturated rings. The monoisotopic (exact) mass is 425 g/mol. The molecule has 0 saturated carbocycles. The lowest BCUT2D eigenvalue weighted by atomic mass is 10.1. The third-order valence-electron chi connectivity index (χ3n) is 4.21. The Morgan fingerprint density at radius 3 is 2.43 bits per heavy atom. The minimum Gasteiger partial charge on any atom is -0.488 e. The number of carbonyl (C=O) groups excluding carboxylic acids is 1. The van der Waals surface area contributed by atoms with Crippen molar-refractivity contribution in [2.75, 3.05) is 41.0 Å². The van der Waals surface area contributed by atoms with Gasteiger partial charge in [-0.05, 0) is 19.1 Å². The van der Waals surface area contributed by atoms with Crippen molar-refractivity contribution >= 4 is 18.3 Å². The van der Waals surface area contributed by atoms with Crippen molar-refractivity contribution in [3.8, 4) is 5.75 Å². The number of rotatable bonds is 6. The van der Waals surface area contributed by atoms with Gasteiger partial charge in [0, 0.05) is 34.0 Å². The van der Waals surface area contributed by atoms with E-state index in [2.05, 4.69) is 4.98 Å². The molecule has 0 spiro atoms. The number of aromatic nitrogens is 1. The number of aryl methyl sites for hydroxylation is 1. The predicted octanol–water partition coefficient (Wildman–Crippen LogP) is 0.780. The van der Waals surface area contributed by atoms with Crippen molar-refractivity contribution in [2.24, 2.45) is 11.6 Å². The molecule has 0 atom stereocenters. The van der Waals surface area contributed by atoms with Crippen LogP contribution >= 0.6 is 0 Å². The Kier molecular flexibility index (Phi) is 10.4.